The van der Waals surface area contributed by atoms with Crippen LogP contribution >= 0.6 is 11.6 Å². The highest BCUT2D eigenvalue weighted by atomic mass is 35.5. The summed E-state index contributed by atoms with van der Waals surface area (Å²) in [6.07, 6.45) is 0. The van der Waals surface area contributed by atoms with Crippen LogP contribution in [0.25, 0.3) is 0 Å². The lowest BCUT2D eigenvalue weighted by atomic mass is 10.1. The van der Waals surface area contributed by atoms with Crippen LogP contribution in [0.1, 0.15) is 11.1 Å². The number of carbonyl (C=O) groups is 1. The Morgan fingerprint density at radius 3 is 2.55 bits per heavy atom. The maximum absolute atomic E-state index is 11.3. The number of hydrogen-bond acceptors (Lipinski definition) is 4. The SMILES string of the molecule is CON=C(C(=O)O)c1ccccc1OCc1ccccc1Cl. The van der Waals surface area contributed by atoms with Crippen LogP contribution in [0.3, 0.4) is 0 Å². The number of oxime groups is 1. The molecule has 0 spiro atoms. The van der Waals surface area contributed by atoms with Crippen LogP contribution in [0.15, 0.2) is 53.7 Å². The van der Waals surface area contributed by atoms with Gasteiger partial charge < -0.3 is 14.7 Å². The van der Waals surface area contributed by atoms with Gasteiger partial charge in [-0.2, -0.15) is 0 Å². The van der Waals surface area contributed by atoms with Crippen molar-refractivity contribution >= 4 is 23.3 Å². The molecule has 6 heteroatoms. The Bertz CT molecular complexity index is 700. The second-order valence-corrected chi connectivity index (χ2v) is 4.71. The number of hydrogen-bond donors (Lipinski definition) is 1. The minimum atomic E-state index is -1.20. The molecule has 0 fully saturated rings. The number of halogens is 1. The van der Waals surface area contributed by atoms with Crippen molar-refractivity contribution in [1.29, 1.82) is 0 Å². The molecule has 0 unspecified atom stereocenters. The van der Waals surface area contributed by atoms with E-state index in [0.29, 0.717) is 16.3 Å². The van der Waals surface area contributed by atoms with Crippen molar-refractivity contribution in [2.45, 2.75) is 6.61 Å². The lowest BCUT2D eigenvalue weighted by Crippen LogP contribution is -2.16. The zero-order valence-electron chi connectivity index (χ0n) is 11.8. The fourth-order valence-corrected chi connectivity index (χ4v) is 2.04. The number of carboxylic acid groups (broad SMARTS) is 1. The number of ether oxygens (including phenoxy) is 1. The lowest BCUT2D eigenvalue weighted by Gasteiger charge is -2.11. The summed E-state index contributed by atoms with van der Waals surface area (Å²) in [6.45, 7) is 0.219. The second kappa shape index (κ2) is 7.47. The maximum atomic E-state index is 11.3. The molecule has 1 N–H and O–H groups in total. The van der Waals surface area contributed by atoms with Crippen molar-refractivity contribution in [1.82, 2.24) is 0 Å². The molecule has 2 aromatic rings. The largest absolute Gasteiger partial charge is 0.488 e. The molecule has 0 radical (unpaired) electrons. The first-order chi connectivity index (χ1) is 10.6. The summed E-state index contributed by atoms with van der Waals surface area (Å²) in [7, 11) is 1.29. The van der Waals surface area contributed by atoms with E-state index in [1.807, 2.05) is 18.2 Å². The molecule has 0 amide bonds. The first-order valence-corrected chi connectivity index (χ1v) is 6.81. The van der Waals surface area contributed by atoms with Gasteiger partial charge >= 0.3 is 5.97 Å². The summed E-state index contributed by atoms with van der Waals surface area (Å²) in [5.41, 5.74) is 0.917. The van der Waals surface area contributed by atoms with Crippen molar-refractivity contribution in [3.8, 4) is 5.75 Å². The first kappa shape index (κ1) is 15.9. The Labute approximate surface area is 132 Å². The van der Waals surface area contributed by atoms with Gasteiger partial charge in [0.2, 0.25) is 0 Å². The van der Waals surface area contributed by atoms with Gasteiger partial charge in [-0.25, -0.2) is 4.79 Å². The highest BCUT2D eigenvalue weighted by molar-refractivity contribution is 6.43. The fourth-order valence-electron chi connectivity index (χ4n) is 1.85. The Morgan fingerprint density at radius 1 is 1.18 bits per heavy atom. The van der Waals surface area contributed by atoms with Crippen LogP contribution < -0.4 is 4.74 Å². The van der Waals surface area contributed by atoms with E-state index in [9.17, 15) is 9.90 Å². The second-order valence-electron chi connectivity index (χ2n) is 4.30. The molecule has 0 aliphatic rings. The van der Waals surface area contributed by atoms with E-state index in [-0.39, 0.29) is 12.3 Å². The van der Waals surface area contributed by atoms with Gasteiger partial charge in [-0.1, -0.05) is 47.1 Å². The zero-order valence-corrected chi connectivity index (χ0v) is 12.6. The average Bonchev–Trinajstić information content (AvgIpc) is 2.52. The smallest absolute Gasteiger partial charge is 0.358 e. The topological polar surface area (TPSA) is 68.1 Å². The number of benzene rings is 2. The van der Waals surface area contributed by atoms with Crippen LogP contribution in [-0.2, 0) is 16.2 Å². The minimum absolute atomic E-state index is 0.219. The van der Waals surface area contributed by atoms with Crippen molar-refractivity contribution in [2.24, 2.45) is 5.16 Å². The van der Waals surface area contributed by atoms with Crippen molar-refractivity contribution in [3.63, 3.8) is 0 Å². The van der Waals surface area contributed by atoms with Crippen LogP contribution in [0.2, 0.25) is 5.02 Å². The molecule has 0 bridgehead atoms. The molecule has 0 heterocycles. The summed E-state index contributed by atoms with van der Waals surface area (Å²) in [4.78, 5) is 15.9. The van der Waals surface area contributed by atoms with Gasteiger partial charge in [0.1, 0.15) is 19.5 Å². The standard InChI is InChI=1S/C16H14ClNO4/c1-21-18-15(16(19)20)12-7-3-5-9-14(12)22-10-11-6-2-4-8-13(11)17/h2-9H,10H2,1H3,(H,19,20). The van der Waals surface area contributed by atoms with Gasteiger partial charge in [-0.15, -0.1) is 0 Å². The fraction of sp³-hybridized carbons (Fsp3) is 0.125. The van der Waals surface area contributed by atoms with Crippen LogP contribution in [-0.4, -0.2) is 23.9 Å². The molecule has 0 aliphatic heterocycles. The highest BCUT2D eigenvalue weighted by Gasteiger charge is 2.18. The monoisotopic (exact) mass is 319 g/mol. The van der Waals surface area contributed by atoms with Gasteiger partial charge in [0, 0.05) is 10.6 Å². The molecule has 22 heavy (non-hydrogen) atoms. The van der Waals surface area contributed by atoms with E-state index in [4.69, 9.17) is 16.3 Å². The highest BCUT2D eigenvalue weighted by Crippen LogP contribution is 2.23. The molecular weight excluding hydrogens is 306 g/mol. The van der Waals surface area contributed by atoms with E-state index in [1.165, 1.54) is 7.11 Å². The Kier molecular flexibility index (Phi) is 5.38. The third kappa shape index (κ3) is 3.77. The third-order valence-corrected chi connectivity index (χ3v) is 3.24. The third-order valence-electron chi connectivity index (χ3n) is 2.87. The van der Waals surface area contributed by atoms with Gasteiger partial charge in [-0.05, 0) is 18.2 Å². The van der Waals surface area contributed by atoms with Gasteiger partial charge in [-0.3, -0.25) is 0 Å². The average molecular weight is 320 g/mol. The predicted octanol–water partition coefficient (Wildman–Crippen LogP) is 3.35. The molecule has 0 saturated carbocycles. The molecule has 5 nitrogen and oxygen atoms in total. The molecule has 0 saturated heterocycles. The van der Waals surface area contributed by atoms with Crippen LogP contribution in [0.5, 0.6) is 5.75 Å². The Hall–Kier alpha value is -2.53. The van der Waals surface area contributed by atoms with E-state index >= 15 is 0 Å². The van der Waals surface area contributed by atoms with E-state index in [0.717, 1.165) is 5.56 Å². The summed E-state index contributed by atoms with van der Waals surface area (Å²) >= 11 is 6.08. The van der Waals surface area contributed by atoms with Crippen LogP contribution in [0.4, 0.5) is 0 Å². The minimum Gasteiger partial charge on any atom is -0.488 e. The van der Waals surface area contributed by atoms with Crippen molar-refractivity contribution in [3.05, 3.63) is 64.7 Å². The molecule has 0 aromatic heterocycles. The summed E-state index contributed by atoms with van der Waals surface area (Å²) in [5, 5.41) is 13.3. The lowest BCUT2D eigenvalue weighted by molar-refractivity contribution is -0.129. The normalized spacial score (nSPS) is 11.1. The first-order valence-electron chi connectivity index (χ1n) is 6.43. The zero-order chi connectivity index (χ0) is 15.9. The molecular formula is C16H14ClNO4. The number of rotatable bonds is 6. The van der Waals surface area contributed by atoms with E-state index in [2.05, 4.69) is 9.99 Å². The van der Waals surface area contributed by atoms with Crippen molar-refractivity contribution in [2.75, 3.05) is 7.11 Å². The molecule has 2 aromatic carbocycles. The number of para-hydroxylation sites is 1. The summed E-state index contributed by atoms with van der Waals surface area (Å²) in [6, 6.07) is 14.0. The van der Waals surface area contributed by atoms with Crippen molar-refractivity contribution < 1.29 is 19.5 Å². The summed E-state index contributed by atoms with van der Waals surface area (Å²) in [5.74, 6) is -0.809. The number of carboxylic acids is 1. The molecule has 0 atom stereocenters. The Balaban J connectivity index is 2.27. The van der Waals surface area contributed by atoms with Gasteiger partial charge in [0.25, 0.3) is 0 Å². The van der Waals surface area contributed by atoms with Gasteiger partial charge in [0.05, 0.1) is 5.56 Å². The molecule has 0 aliphatic carbocycles. The molecule has 114 valence electrons. The summed E-state index contributed by atoms with van der Waals surface area (Å²) < 4.78 is 5.70. The predicted molar refractivity (Wildman–Crippen MR) is 83.4 cm³/mol. The van der Waals surface area contributed by atoms with Crippen LogP contribution in [0, 0.1) is 0 Å². The number of aliphatic carboxylic acids is 1. The number of nitrogens with zero attached hydrogens (tertiary/aromatic N) is 1. The van der Waals surface area contributed by atoms with E-state index < -0.39 is 5.97 Å². The maximum Gasteiger partial charge on any atom is 0.358 e. The molecule has 2 rings (SSSR count). The van der Waals surface area contributed by atoms with E-state index in [1.54, 1.807) is 30.3 Å². The Morgan fingerprint density at radius 2 is 1.86 bits per heavy atom. The quantitative estimate of drug-likeness (QED) is 0.655. The van der Waals surface area contributed by atoms with Gasteiger partial charge in [0.15, 0.2) is 5.71 Å².